The molecule has 94 valence electrons. The largest absolute Gasteiger partial charge is 0.478 e. The third-order valence-electron chi connectivity index (χ3n) is 2.75. The Bertz CT molecular complexity index is 618. The molecular formula is C12H14N4O2. The molecule has 0 amide bonds. The van der Waals surface area contributed by atoms with Crippen molar-refractivity contribution in [3.63, 3.8) is 0 Å². The van der Waals surface area contributed by atoms with E-state index in [2.05, 4.69) is 16.7 Å². The summed E-state index contributed by atoms with van der Waals surface area (Å²) in [6.07, 6.45) is 4.71. The van der Waals surface area contributed by atoms with E-state index in [1.165, 1.54) is 6.20 Å². The number of carbonyl (C=O) groups is 1. The zero-order valence-corrected chi connectivity index (χ0v) is 10.3. The second kappa shape index (κ2) is 4.48. The average Bonchev–Trinajstić information content (AvgIpc) is 2.70. The normalized spacial score (nSPS) is 10.6. The van der Waals surface area contributed by atoms with Crippen LogP contribution in [0.4, 0.5) is 5.69 Å². The molecule has 0 saturated carbocycles. The van der Waals surface area contributed by atoms with Gasteiger partial charge in [0.2, 0.25) is 0 Å². The summed E-state index contributed by atoms with van der Waals surface area (Å²) < 4.78 is 1.62. The number of carboxylic acid groups (broad SMARTS) is 1. The van der Waals surface area contributed by atoms with Gasteiger partial charge in [0.1, 0.15) is 5.56 Å². The lowest BCUT2D eigenvalue weighted by atomic mass is 10.1. The van der Waals surface area contributed by atoms with Crippen LogP contribution < -0.4 is 4.90 Å². The number of nitrogens with zero attached hydrogens (tertiary/aromatic N) is 4. The first-order chi connectivity index (χ1) is 8.56. The molecule has 18 heavy (non-hydrogen) atoms. The van der Waals surface area contributed by atoms with E-state index in [-0.39, 0.29) is 5.56 Å². The van der Waals surface area contributed by atoms with Gasteiger partial charge >= 0.3 is 5.97 Å². The molecule has 0 atom stereocenters. The summed E-state index contributed by atoms with van der Waals surface area (Å²) in [6.45, 7) is 4.21. The van der Waals surface area contributed by atoms with Crippen molar-refractivity contribution in [3.05, 3.63) is 30.6 Å². The van der Waals surface area contributed by atoms with Crippen LogP contribution in [0.25, 0.3) is 11.0 Å². The summed E-state index contributed by atoms with van der Waals surface area (Å²) in [6, 6.07) is 0. The lowest BCUT2D eigenvalue weighted by Crippen LogP contribution is -2.20. The van der Waals surface area contributed by atoms with E-state index in [0.29, 0.717) is 17.9 Å². The fraction of sp³-hybridized carbons (Fsp3) is 0.250. The first kappa shape index (κ1) is 12.1. The van der Waals surface area contributed by atoms with E-state index in [1.54, 1.807) is 24.0 Å². The molecule has 0 aromatic carbocycles. The van der Waals surface area contributed by atoms with Crippen LogP contribution >= 0.6 is 0 Å². The Balaban J connectivity index is 2.74. The monoisotopic (exact) mass is 246 g/mol. The number of rotatable bonds is 4. The summed E-state index contributed by atoms with van der Waals surface area (Å²) in [5, 5.41) is 14.1. The fourth-order valence-corrected chi connectivity index (χ4v) is 1.94. The van der Waals surface area contributed by atoms with Crippen LogP contribution in [-0.2, 0) is 7.05 Å². The molecule has 2 aromatic rings. The van der Waals surface area contributed by atoms with E-state index in [0.717, 1.165) is 5.39 Å². The van der Waals surface area contributed by atoms with E-state index < -0.39 is 5.97 Å². The highest BCUT2D eigenvalue weighted by atomic mass is 16.4. The standard InChI is InChI=1S/C12H14N4O2/c1-4-5-15(2)10-8-7-14-16(3)11(8)13-6-9(10)12(17)18/h4,6-7H,1,5H2,2-3H3,(H,17,18). The number of fused-ring (bicyclic) bond motifs is 1. The number of aryl methyl sites for hydroxylation is 1. The van der Waals surface area contributed by atoms with Crippen molar-refractivity contribution in [1.82, 2.24) is 14.8 Å². The molecule has 0 saturated heterocycles. The van der Waals surface area contributed by atoms with Crippen LogP contribution in [0, 0.1) is 0 Å². The van der Waals surface area contributed by atoms with Gasteiger partial charge < -0.3 is 10.0 Å². The molecule has 0 unspecified atom stereocenters. The summed E-state index contributed by atoms with van der Waals surface area (Å²) in [5.74, 6) is -1.00. The molecule has 0 aliphatic carbocycles. The van der Waals surface area contributed by atoms with Crippen LogP contribution in [-0.4, -0.2) is 39.4 Å². The third-order valence-corrected chi connectivity index (χ3v) is 2.75. The summed E-state index contributed by atoms with van der Waals surface area (Å²) in [4.78, 5) is 17.2. The Morgan fingerprint density at radius 3 is 2.94 bits per heavy atom. The van der Waals surface area contributed by atoms with Gasteiger partial charge in [0.25, 0.3) is 0 Å². The molecule has 0 fully saturated rings. The van der Waals surface area contributed by atoms with Gasteiger partial charge in [0.05, 0.1) is 17.3 Å². The maximum Gasteiger partial charge on any atom is 0.339 e. The molecule has 0 aliphatic heterocycles. The topological polar surface area (TPSA) is 71.2 Å². The smallest absolute Gasteiger partial charge is 0.339 e. The molecule has 0 bridgehead atoms. The van der Waals surface area contributed by atoms with Crippen molar-refractivity contribution in [1.29, 1.82) is 0 Å². The molecule has 2 heterocycles. The maximum atomic E-state index is 11.3. The second-order valence-electron chi connectivity index (χ2n) is 4.00. The zero-order valence-electron chi connectivity index (χ0n) is 10.3. The number of hydrogen-bond donors (Lipinski definition) is 1. The van der Waals surface area contributed by atoms with Crippen molar-refractivity contribution in [3.8, 4) is 0 Å². The molecule has 6 heteroatoms. The molecule has 1 N–H and O–H groups in total. The number of pyridine rings is 1. The summed E-state index contributed by atoms with van der Waals surface area (Å²) in [5.41, 5.74) is 1.44. The Morgan fingerprint density at radius 1 is 1.61 bits per heavy atom. The van der Waals surface area contributed by atoms with Gasteiger partial charge in [0, 0.05) is 26.8 Å². The van der Waals surface area contributed by atoms with Gasteiger partial charge in [-0.3, -0.25) is 4.68 Å². The Hall–Kier alpha value is -2.37. The van der Waals surface area contributed by atoms with Crippen LogP contribution in [0.1, 0.15) is 10.4 Å². The Labute approximate surface area is 104 Å². The van der Waals surface area contributed by atoms with Crippen LogP contribution in [0.15, 0.2) is 25.0 Å². The van der Waals surface area contributed by atoms with Gasteiger partial charge in [-0.05, 0) is 0 Å². The van der Waals surface area contributed by atoms with E-state index in [4.69, 9.17) is 0 Å². The van der Waals surface area contributed by atoms with Crippen molar-refractivity contribution < 1.29 is 9.90 Å². The molecule has 2 aromatic heterocycles. The molecule has 0 radical (unpaired) electrons. The van der Waals surface area contributed by atoms with Crippen molar-refractivity contribution in [2.75, 3.05) is 18.5 Å². The van der Waals surface area contributed by atoms with Crippen LogP contribution in [0.5, 0.6) is 0 Å². The van der Waals surface area contributed by atoms with Gasteiger partial charge in [-0.1, -0.05) is 6.08 Å². The highest BCUT2D eigenvalue weighted by Gasteiger charge is 2.19. The second-order valence-corrected chi connectivity index (χ2v) is 4.00. The minimum absolute atomic E-state index is 0.167. The average molecular weight is 246 g/mol. The molecule has 2 rings (SSSR count). The Morgan fingerprint density at radius 2 is 2.33 bits per heavy atom. The quantitative estimate of drug-likeness (QED) is 0.823. The zero-order chi connectivity index (χ0) is 13.3. The van der Waals surface area contributed by atoms with Gasteiger partial charge in [-0.2, -0.15) is 5.10 Å². The van der Waals surface area contributed by atoms with Crippen molar-refractivity contribution >= 4 is 22.7 Å². The lowest BCUT2D eigenvalue weighted by molar-refractivity contribution is 0.0697. The van der Waals surface area contributed by atoms with Gasteiger partial charge in [0.15, 0.2) is 5.65 Å². The third kappa shape index (κ3) is 1.81. The minimum Gasteiger partial charge on any atom is -0.478 e. The van der Waals surface area contributed by atoms with Crippen LogP contribution in [0.2, 0.25) is 0 Å². The van der Waals surface area contributed by atoms with Crippen LogP contribution in [0.3, 0.4) is 0 Å². The van der Waals surface area contributed by atoms with Gasteiger partial charge in [-0.25, -0.2) is 9.78 Å². The molecule has 0 aliphatic rings. The SMILES string of the molecule is C=CCN(C)c1c(C(=O)O)cnc2c1cnn2C. The minimum atomic E-state index is -1.00. The van der Waals surface area contributed by atoms with E-state index in [1.807, 2.05) is 11.9 Å². The first-order valence-electron chi connectivity index (χ1n) is 5.42. The lowest BCUT2D eigenvalue weighted by Gasteiger charge is -2.20. The molecule has 0 spiro atoms. The maximum absolute atomic E-state index is 11.3. The molecule has 6 nitrogen and oxygen atoms in total. The summed E-state index contributed by atoms with van der Waals surface area (Å²) >= 11 is 0. The highest BCUT2D eigenvalue weighted by molar-refractivity contribution is 6.03. The number of likely N-dealkylation sites (N-methyl/N-ethyl adjacent to an activating group) is 1. The predicted molar refractivity (Wildman–Crippen MR) is 68.9 cm³/mol. The van der Waals surface area contributed by atoms with Crippen molar-refractivity contribution in [2.24, 2.45) is 7.05 Å². The predicted octanol–water partition coefficient (Wildman–Crippen LogP) is 1.29. The number of carboxylic acids is 1. The van der Waals surface area contributed by atoms with Crippen molar-refractivity contribution in [2.45, 2.75) is 0 Å². The van der Waals surface area contributed by atoms with E-state index in [9.17, 15) is 9.90 Å². The number of hydrogen-bond acceptors (Lipinski definition) is 4. The molecular weight excluding hydrogens is 232 g/mol. The number of anilines is 1. The first-order valence-corrected chi connectivity index (χ1v) is 5.42. The fourth-order valence-electron chi connectivity index (χ4n) is 1.94. The number of aromatic carboxylic acids is 1. The Kier molecular flexibility index (Phi) is 3.01. The number of aromatic nitrogens is 3. The van der Waals surface area contributed by atoms with Gasteiger partial charge in [-0.15, -0.1) is 6.58 Å². The summed E-state index contributed by atoms with van der Waals surface area (Å²) in [7, 11) is 3.59. The highest BCUT2D eigenvalue weighted by Crippen LogP contribution is 2.28. The van der Waals surface area contributed by atoms with E-state index >= 15 is 0 Å².